The zero-order valence-electron chi connectivity index (χ0n) is 18.0. The van der Waals surface area contributed by atoms with Gasteiger partial charge in [0.25, 0.3) is 5.91 Å². The van der Waals surface area contributed by atoms with Gasteiger partial charge in [-0.15, -0.1) is 5.10 Å². The van der Waals surface area contributed by atoms with E-state index in [4.69, 9.17) is 29.4 Å². The fourth-order valence-corrected chi connectivity index (χ4v) is 3.20. The lowest BCUT2D eigenvalue weighted by molar-refractivity contribution is -0.203. The zero-order chi connectivity index (χ0) is 23.0. The Kier molecular flexibility index (Phi) is 6.21. The molecule has 2 fully saturated rings. The van der Waals surface area contributed by atoms with Gasteiger partial charge in [-0.3, -0.25) is 9.59 Å². The van der Waals surface area contributed by atoms with Gasteiger partial charge in [0.15, 0.2) is 12.0 Å². The Hall–Kier alpha value is -2.77. The first kappa shape index (κ1) is 22.9. The van der Waals surface area contributed by atoms with Crippen LogP contribution in [0.1, 0.15) is 51.5 Å². The molecule has 1 aromatic rings. The van der Waals surface area contributed by atoms with Crippen molar-refractivity contribution in [2.45, 2.75) is 70.5 Å². The van der Waals surface area contributed by atoms with Crippen LogP contribution in [0.25, 0.3) is 0 Å². The van der Waals surface area contributed by atoms with E-state index in [0.29, 0.717) is 0 Å². The highest BCUT2D eigenvalue weighted by Crippen LogP contribution is 2.42. The molecule has 0 aliphatic carbocycles. The van der Waals surface area contributed by atoms with Crippen molar-refractivity contribution in [2.24, 2.45) is 5.73 Å². The van der Waals surface area contributed by atoms with Crippen molar-refractivity contribution in [2.75, 3.05) is 13.2 Å². The third-order valence-electron chi connectivity index (χ3n) is 4.30. The molecule has 0 aromatic carbocycles. The SMILES string of the molecule is CC(C)(C)OC(=O)NCC(=O)OC[C@@H]1O[C@H](n2cnc(C(N)=O)n2)C2OC(C)(C)OC21. The number of primary amides is 1. The molecular weight excluding hydrogens is 414 g/mol. The molecule has 31 heavy (non-hydrogen) atoms. The lowest BCUT2D eigenvalue weighted by atomic mass is 10.1. The van der Waals surface area contributed by atoms with Crippen molar-refractivity contribution >= 4 is 18.0 Å². The number of fused-ring (bicyclic) bond motifs is 1. The van der Waals surface area contributed by atoms with Gasteiger partial charge < -0.3 is 34.7 Å². The summed E-state index contributed by atoms with van der Waals surface area (Å²) in [5.41, 5.74) is 4.51. The maximum absolute atomic E-state index is 12.0. The van der Waals surface area contributed by atoms with Crippen LogP contribution in [-0.4, -0.2) is 75.6 Å². The Morgan fingerprint density at radius 3 is 2.55 bits per heavy atom. The number of hydrogen-bond acceptors (Lipinski definition) is 10. The second kappa shape index (κ2) is 8.40. The lowest BCUT2D eigenvalue weighted by Gasteiger charge is -2.24. The predicted molar refractivity (Wildman–Crippen MR) is 101 cm³/mol. The molecule has 13 nitrogen and oxygen atoms in total. The number of rotatable bonds is 6. The number of ether oxygens (including phenoxy) is 5. The monoisotopic (exact) mass is 441 g/mol. The molecule has 0 radical (unpaired) electrons. The molecule has 172 valence electrons. The van der Waals surface area contributed by atoms with E-state index in [1.807, 2.05) is 0 Å². The molecule has 2 aliphatic heterocycles. The number of carbonyl (C=O) groups is 3. The van der Waals surface area contributed by atoms with Gasteiger partial charge in [0.2, 0.25) is 5.82 Å². The van der Waals surface area contributed by atoms with Crippen molar-refractivity contribution in [1.29, 1.82) is 0 Å². The van der Waals surface area contributed by atoms with Gasteiger partial charge in [0, 0.05) is 0 Å². The molecule has 2 amide bonds. The first-order chi connectivity index (χ1) is 14.3. The van der Waals surface area contributed by atoms with E-state index in [2.05, 4.69) is 15.4 Å². The summed E-state index contributed by atoms with van der Waals surface area (Å²) in [6.45, 7) is 8.10. The van der Waals surface area contributed by atoms with Gasteiger partial charge in [-0.25, -0.2) is 14.5 Å². The minimum atomic E-state index is -0.898. The van der Waals surface area contributed by atoms with E-state index in [0.717, 1.165) is 0 Å². The second-order valence-electron chi connectivity index (χ2n) is 8.58. The van der Waals surface area contributed by atoms with Crippen LogP contribution in [0.5, 0.6) is 0 Å². The average Bonchev–Trinajstić information content (AvgIpc) is 3.30. The molecule has 0 saturated carbocycles. The minimum absolute atomic E-state index is 0.149. The molecule has 2 aliphatic rings. The van der Waals surface area contributed by atoms with E-state index in [9.17, 15) is 14.4 Å². The molecule has 3 heterocycles. The minimum Gasteiger partial charge on any atom is -0.461 e. The third-order valence-corrected chi connectivity index (χ3v) is 4.30. The van der Waals surface area contributed by atoms with Crippen LogP contribution >= 0.6 is 0 Å². The number of aromatic nitrogens is 3. The highest BCUT2D eigenvalue weighted by Gasteiger charge is 2.56. The summed E-state index contributed by atoms with van der Waals surface area (Å²) in [4.78, 5) is 38.8. The summed E-state index contributed by atoms with van der Waals surface area (Å²) >= 11 is 0. The fourth-order valence-electron chi connectivity index (χ4n) is 3.20. The van der Waals surface area contributed by atoms with Crippen LogP contribution < -0.4 is 11.1 Å². The van der Waals surface area contributed by atoms with Crippen molar-refractivity contribution < 1.29 is 38.1 Å². The number of hydrogen-bond donors (Lipinski definition) is 2. The number of nitrogens with one attached hydrogen (secondary N) is 1. The molecular formula is C18H27N5O8. The van der Waals surface area contributed by atoms with Crippen LogP contribution in [-0.2, 0) is 28.5 Å². The van der Waals surface area contributed by atoms with E-state index in [-0.39, 0.29) is 19.0 Å². The zero-order valence-corrected chi connectivity index (χ0v) is 18.0. The Bertz CT molecular complexity index is 848. The highest BCUT2D eigenvalue weighted by molar-refractivity contribution is 5.88. The molecule has 1 aromatic heterocycles. The molecule has 3 rings (SSSR count). The van der Waals surface area contributed by atoms with Crippen LogP contribution in [0.3, 0.4) is 0 Å². The summed E-state index contributed by atoms with van der Waals surface area (Å²) in [5.74, 6) is -2.52. The maximum atomic E-state index is 12.0. The van der Waals surface area contributed by atoms with Crippen molar-refractivity contribution in [3.63, 3.8) is 0 Å². The summed E-state index contributed by atoms with van der Waals surface area (Å²) in [7, 11) is 0. The summed E-state index contributed by atoms with van der Waals surface area (Å²) in [6, 6.07) is 0. The second-order valence-corrected chi connectivity index (χ2v) is 8.58. The normalized spacial score (nSPS) is 26.9. The number of nitrogens with zero attached hydrogens (tertiary/aromatic N) is 3. The number of nitrogens with two attached hydrogens (primary N) is 1. The molecule has 13 heteroatoms. The van der Waals surface area contributed by atoms with Crippen molar-refractivity contribution in [3.05, 3.63) is 12.2 Å². The topological polar surface area (TPSA) is 166 Å². The van der Waals surface area contributed by atoms with Gasteiger partial charge >= 0.3 is 12.1 Å². The first-order valence-corrected chi connectivity index (χ1v) is 9.69. The summed E-state index contributed by atoms with van der Waals surface area (Å²) in [5, 5.41) is 6.33. The number of alkyl carbamates (subject to hydrolysis) is 1. The first-order valence-electron chi connectivity index (χ1n) is 9.69. The van der Waals surface area contributed by atoms with E-state index in [1.165, 1.54) is 11.0 Å². The predicted octanol–water partition coefficient (Wildman–Crippen LogP) is -0.138. The smallest absolute Gasteiger partial charge is 0.408 e. The molecule has 4 atom stereocenters. The summed E-state index contributed by atoms with van der Waals surface area (Å²) in [6.07, 6.45) is -2.02. The molecule has 3 N–H and O–H groups in total. The highest BCUT2D eigenvalue weighted by atomic mass is 16.8. The van der Waals surface area contributed by atoms with Crippen molar-refractivity contribution in [3.8, 4) is 0 Å². The Morgan fingerprint density at radius 2 is 1.94 bits per heavy atom. The van der Waals surface area contributed by atoms with Crippen LogP contribution in [0.2, 0.25) is 0 Å². The number of carbonyl (C=O) groups excluding carboxylic acids is 3. The number of esters is 1. The molecule has 0 spiro atoms. The Morgan fingerprint density at radius 1 is 1.26 bits per heavy atom. The van der Waals surface area contributed by atoms with E-state index >= 15 is 0 Å². The van der Waals surface area contributed by atoms with Crippen LogP contribution in [0, 0.1) is 0 Å². The van der Waals surface area contributed by atoms with Gasteiger partial charge in [-0.2, -0.15) is 0 Å². The number of amides is 2. The van der Waals surface area contributed by atoms with Gasteiger partial charge in [0.1, 0.15) is 43.4 Å². The Balaban J connectivity index is 1.59. The molecule has 2 unspecified atom stereocenters. The van der Waals surface area contributed by atoms with Gasteiger partial charge in [-0.05, 0) is 34.6 Å². The van der Waals surface area contributed by atoms with Crippen LogP contribution in [0.4, 0.5) is 4.79 Å². The van der Waals surface area contributed by atoms with Gasteiger partial charge in [-0.1, -0.05) is 0 Å². The van der Waals surface area contributed by atoms with E-state index in [1.54, 1.807) is 34.6 Å². The maximum Gasteiger partial charge on any atom is 0.408 e. The Labute approximate surface area is 178 Å². The fraction of sp³-hybridized carbons (Fsp3) is 0.722. The van der Waals surface area contributed by atoms with Gasteiger partial charge in [0.05, 0.1) is 0 Å². The summed E-state index contributed by atoms with van der Waals surface area (Å²) < 4.78 is 29.3. The van der Waals surface area contributed by atoms with Crippen LogP contribution in [0.15, 0.2) is 6.33 Å². The largest absolute Gasteiger partial charge is 0.461 e. The molecule has 2 saturated heterocycles. The van der Waals surface area contributed by atoms with Crippen molar-refractivity contribution in [1.82, 2.24) is 20.1 Å². The standard InChI is InChI=1S/C18H27N5O8/c1-17(2,3)31-16(26)20-6-10(24)27-7-9-11-12(30-18(4,5)29-11)15(28-9)23-8-21-14(22-23)13(19)25/h8-9,11-12,15H,6-7H2,1-5H3,(H2,19,25)(H,20,26)/t9-,11?,12?,15-/m0/s1. The quantitative estimate of drug-likeness (QED) is 0.567. The molecule has 0 bridgehead atoms. The lowest BCUT2D eigenvalue weighted by Crippen LogP contribution is -2.38. The average molecular weight is 441 g/mol. The van der Waals surface area contributed by atoms with E-state index < -0.39 is 53.9 Å². The third kappa shape index (κ3) is 5.68.